The Labute approximate surface area is 139 Å². The van der Waals surface area contributed by atoms with Crippen LogP contribution in [0.5, 0.6) is 5.75 Å². The molecular weight excluding hydrogens is 302 g/mol. The number of nitrogens with one attached hydrogen (secondary N) is 1. The molecule has 124 valence electrons. The molecule has 1 saturated heterocycles. The van der Waals surface area contributed by atoms with Crippen LogP contribution in [0.2, 0.25) is 0 Å². The van der Waals surface area contributed by atoms with Gasteiger partial charge in [0.25, 0.3) is 0 Å². The molecule has 2 rings (SSSR count). The van der Waals surface area contributed by atoms with E-state index in [4.69, 9.17) is 4.74 Å². The molecule has 6 heteroatoms. The first-order valence-corrected chi connectivity index (χ1v) is 7.40. The van der Waals surface area contributed by atoms with Crippen LogP contribution < -0.4 is 10.1 Å². The van der Waals surface area contributed by atoms with Gasteiger partial charge in [-0.3, -0.25) is 9.69 Å². The Morgan fingerprint density at radius 3 is 2.68 bits per heavy atom. The summed E-state index contributed by atoms with van der Waals surface area (Å²) in [5.41, 5.74) is 2.32. The fraction of sp³-hybridized carbons (Fsp3) is 0.562. The van der Waals surface area contributed by atoms with Gasteiger partial charge in [-0.05, 0) is 20.0 Å². The summed E-state index contributed by atoms with van der Waals surface area (Å²) in [7, 11) is 3.65. The molecule has 0 radical (unpaired) electrons. The highest BCUT2D eigenvalue weighted by Gasteiger charge is 2.18. The lowest BCUT2D eigenvalue weighted by Crippen LogP contribution is -2.49. The summed E-state index contributed by atoms with van der Waals surface area (Å²) < 4.78 is 5.39. The van der Waals surface area contributed by atoms with E-state index in [-0.39, 0.29) is 18.3 Å². The summed E-state index contributed by atoms with van der Waals surface area (Å²) in [6.07, 6.45) is 0. The lowest BCUT2D eigenvalue weighted by molar-refractivity contribution is -0.132. The monoisotopic (exact) mass is 327 g/mol. The van der Waals surface area contributed by atoms with Crippen LogP contribution in [0.4, 0.5) is 0 Å². The normalized spacial score (nSPS) is 14.6. The van der Waals surface area contributed by atoms with Crippen molar-refractivity contribution in [1.29, 1.82) is 0 Å². The predicted molar refractivity (Wildman–Crippen MR) is 90.8 cm³/mol. The molecule has 0 unspecified atom stereocenters. The molecule has 0 aromatic heterocycles. The number of hydrogen-bond donors (Lipinski definition) is 1. The lowest BCUT2D eigenvalue weighted by Gasteiger charge is -2.29. The summed E-state index contributed by atoms with van der Waals surface area (Å²) in [5, 5.41) is 3.26. The van der Waals surface area contributed by atoms with Gasteiger partial charge < -0.3 is 15.0 Å². The highest BCUT2D eigenvalue weighted by atomic mass is 35.5. The number of rotatable bonds is 5. The number of likely N-dealkylation sites (N-methyl/N-ethyl adjacent to an activating group) is 1. The first kappa shape index (κ1) is 18.7. The molecule has 1 amide bonds. The van der Waals surface area contributed by atoms with Gasteiger partial charge in [0.1, 0.15) is 5.75 Å². The molecule has 1 aliphatic heterocycles. The molecule has 1 aromatic carbocycles. The highest BCUT2D eigenvalue weighted by Crippen LogP contribution is 2.20. The Hall–Kier alpha value is -1.30. The minimum Gasteiger partial charge on any atom is -0.496 e. The van der Waals surface area contributed by atoms with Gasteiger partial charge in [0.05, 0.1) is 13.7 Å². The van der Waals surface area contributed by atoms with Gasteiger partial charge in [-0.15, -0.1) is 12.4 Å². The average molecular weight is 328 g/mol. The molecule has 5 nitrogen and oxygen atoms in total. The van der Waals surface area contributed by atoms with Crippen LogP contribution >= 0.6 is 12.4 Å². The van der Waals surface area contributed by atoms with E-state index in [9.17, 15) is 4.79 Å². The van der Waals surface area contributed by atoms with E-state index >= 15 is 0 Å². The average Bonchev–Trinajstić information content (AvgIpc) is 2.48. The van der Waals surface area contributed by atoms with Crippen molar-refractivity contribution in [3.05, 3.63) is 29.3 Å². The van der Waals surface area contributed by atoms with Crippen molar-refractivity contribution in [3.8, 4) is 5.75 Å². The second-order valence-electron chi connectivity index (χ2n) is 5.62. The summed E-state index contributed by atoms with van der Waals surface area (Å²) >= 11 is 0. The van der Waals surface area contributed by atoms with Crippen LogP contribution in [0.25, 0.3) is 0 Å². The maximum absolute atomic E-state index is 12.2. The third-order valence-electron chi connectivity index (χ3n) is 3.75. The Morgan fingerprint density at radius 1 is 1.36 bits per heavy atom. The Morgan fingerprint density at radius 2 is 2.05 bits per heavy atom. The second-order valence-corrected chi connectivity index (χ2v) is 5.62. The minimum atomic E-state index is 0. The number of ether oxygens (including phenoxy) is 1. The van der Waals surface area contributed by atoms with E-state index in [0.717, 1.165) is 37.5 Å². The van der Waals surface area contributed by atoms with E-state index in [2.05, 4.69) is 18.3 Å². The maximum Gasteiger partial charge on any atom is 0.236 e. The zero-order valence-corrected chi connectivity index (χ0v) is 14.4. The highest BCUT2D eigenvalue weighted by molar-refractivity contribution is 5.85. The molecule has 0 aliphatic carbocycles. The van der Waals surface area contributed by atoms with Gasteiger partial charge >= 0.3 is 0 Å². The van der Waals surface area contributed by atoms with Crippen LogP contribution in [0.3, 0.4) is 0 Å². The zero-order chi connectivity index (χ0) is 15.2. The van der Waals surface area contributed by atoms with E-state index < -0.39 is 0 Å². The van der Waals surface area contributed by atoms with E-state index in [1.165, 1.54) is 5.56 Å². The summed E-state index contributed by atoms with van der Waals surface area (Å²) in [5.74, 6) is 1.08. The van der Waals surface area contributed by atoms with Crippen molar-refractivity contribution >= 4 is 18.3 Å². The van der Waals surface area contributed by atoms with Crippen molar-refractivity contribution in [3.63, 3.8) is 0 Å². The summed E-state index contributed by atoms with van der Waals surface area (Å²) in [6.45, 7) is 6.61. The molecule has 1 heterocycles. The van der Waals surface area contributed by atoms with Crippen LogP contribution in [-0.2, 0) is 11.3 Å². The van der Waals surface area contributed by atoms with E-state index in [1.54, 1.807) is 7.11 Å². The fourth-order valence-electron chi connectivity index (χ4n) is 2.62. The molecular formula is C16H26ClN3O2. The largest absolute Gasteiger partial charge is 0.496 e. The first-order chi connectivity index (χ1) is 10.1. The molecule has 0 atom stereocenters. The number of halogens is 1. The zero-order valence-electron chi connectivity index (χ0n) is 13.6. The topological polar surface area (TPSA) is 44.8 Å². The Balaban J connectivity index is 0.00000242. The van der Waals surface area contributed by atoms with Crippen LogP contribution in [-0.4, -0.2) is 62.6 Å². The Kier molecular flexibility index (Phi) is 7.65. The Bertz CT molecular complexity index is 490. The number of nitrogens with zero attached hydrogens (tertiary/aromatic N) is 2. The lowest BCUT2D eigenvalue weighted by atomic mass is 10.1. The molecule has 0 spiro atoms. The molecule has 0 saturated carbocycles. The molecule has 1 aromatic rings. The van der Waals surface area contributed by atoms with Gasteiger partial charge in [-0.25, -0.2) is 0 Å². The number of benzene rings is 1. The third-order valence-corrected chi connectivity index (χ3v) is 3.75. The van der Waals surface area contributed by atoms with Crippen molar-refractivity contribution in [2.75, 3.05) is 46.9 Å². The third kappa shape index (κ3) is 5.16. The standard InChI is InChI=1S/C16H25N3O2.ClH/c1-13-4-5-15(21-3)14(10-13)11-18(2)12-16(20)19-8-6-17-7-9-19;/h4-5,10,17H,6-9,11-12H2,1-3H3;1H. The quantitative estimate of drug-likeness (QED) is 0.885. The van der Waals surface area contributed by atoms with Crippen LogP contribution in [0, 0.1) is 6.92 Å². The number of methoxy groups -OCH3 is 1. The van der Waals surface area contributed by atoms with Crippen LogP contribution in [0.1, 0.15) is 11.1 Å². The number of amides is 1. The van der Waals surface area contributed by atoms with Crippen molar-refractivity contribution < 1.29 is 9.53 Å². The number of hydrogen-bond acceptors (Lipinski definition) is 4. The number of carbonyl (C=O) groups excluding carboxylic acids is 1. The summed E-state index contributed by atoms with van der Waals surface area (Å²) in [6, 6.07) is 6.13. The van der Waals surface area contributed by atoms with Gasteiger partial charge in [0, 0.05) is 38.3 Å². The molecule has 0 bridgehead atoms. The van der Waals surface area contributed by atoms with Crippen molar-refractivity contribution in [1.82, 2.24) is 15.1 Å². The van der Waals surface area contributed by atoms with Crippen molar-refractivity contribution in [2.45, 2.75) is 13.5 Å². The van der Waals surface area contributed by atoms with E-state index in [1.807, 2.05) is 29.0 Å². The first-order valence-electron chi connectivity index (χ1n) is 7.40. The molecule has 1 fully saturated rings. The van der Waals surface area contributed by atoms with Gasteiger partial charge in [0.2, 0.25) is 5.91 Å². The van der Waals surface area contributed by atoms with E-state index in [0.29, 0.717) is 13.1 Å². The summed E-state index contributed by atoms with van der Waals surface area (Å²) in [4.78, 5) is 16.2. The molecule has 1 N–H and O–H groups in total. The van der Waals surface area contributed by atoms with Crippen molar-refractivity contribution in [2.24, 2.45) is 0 Å². The second kappa shape index (κ2) is 8.98. The van der Waals surface area contributed by atoms with Gasteiger partial charge in [-0.2, -0.15) is 0 Å². The van der Waals surface area contributed by atoms with Crippen LogP contribution in [0.15, 0.2) is 18.2 Å². The molecule has 22 heavy (non-hydrogen) atoms. The number of aryl methyl sites for hydroxylation is 1. The smallest absolute Gasteiger partial charge is 0.236 e. The fourth-order valence-corrected chi connectivity index (χ4v) is 2.62. The number of carbonyl (C=O) groups is 1. The number of piperazine rings is 1. The maximum atomic E-state index is 12.2. The SMILES string of the molecule is COc1ccc(C)cc1CN(C)CC(=O)N1CCNCC1.Cl. The minimum absolute atomic E-state index is 0. The predicted octanol–water partition coefficient (Wildman–Crippen LogP) is 1.29. The van der Waals surface area contributed by atoms with Gasteiger partial charge in [-0.1, -0.05) is 17.7 Å². The molecule has 1 aliphatic rings. The van der Waals surface area contributed by atoms with Gasteiger partial charge in [0.15, 0.2) is 0 Å².